The number of nitrogens with zero attached hydrogens (tertiary/aromatic N) is 3. The molecule has 0 saturated carbocycles. The van der Waals surface area contributed by atoms with Crippen molar-refractivity contribution in [3.05, 3.63) is 102 Å². The molecule has 36 heavy (non-hydrogen) atoms. The predicted octanol–water partition coefficient (Wildman–Crippen LogP) is 5.02. The van der Waals surface area contributed by atoms with E-state index in [2.05, 4.69) is 62.6 Å². The quantitative estimate of drug-likeness (QED) is 0.362. The van der Waals surface area contributed by atoms with Crippen molar-refractivity contribution in [1.82, 2.24) is 15.3 Å². The Morgan fingerprint density at radius 1 is 0.861 bits per heavy atom. The third-order valence-electron chi connectivity index (χ3n) is 7.06. The van der Waals surface area contributed by atoms with E-state index in [4.69, 9.17) is 4.98 Å². The molecule has 1 fully saturated rings. The number of anilines is 2. The van der Waals surface area contributed by atoms with Crippen molar-refractivity contribution in [3.8, 4) is 0 Å². The second-order valence-corrected chi connectivity index (χ2v) is 9.25. The molecule has 1 amide bonds. The molecule has 3 heterocycles. The summed E-state index contributed by atoms with van der Waals surface area (Å²) in [4.78, 5) is 25.8. The van der Waals surface area contributed by atoms with Crippen molar-refractivity contribution in [2.24, 2.45) is 0 Å². The number of carbonyl (C=O) groups is 1. The zero-order chi connectivity index (χ0) is 24.3. The van der Waals surface area contributed by atoms with Crippen LogP contribution >= 0.6 is 0 Å². The standard InChI is InChI=1S/C30H29N5O/c36-30(32-15-13-24-21-33-28-9-5-4-8-26(24)28)23-11-10-22-12-14-31-29(27(22)20-23)35-18-16-34(17-19-35)25-6-2-1-3-7-25/h1-12,14,20-21,33H,13,15-19H2,(H,32,36). The Morgan fingerprint density at radius 2 is 1.64 bits per heavy atom. The van der Waals surface area contributed by atoms with Gasteiger partial charge in [-0.1, -0.05) is 42.5 Å². The lowest BCUT2D eigenvalue weighted by molar-refractivity contribution is 0.0954. The van der Waals surface area contributed by atoms with E-state index >= 15 is 0 Å². The molecule has 1 aliphatic heterocycles. The Balaban J connectivity index is 1.15. The Labute approximate surface area is 210 Å². The number of amides is 1. The first-order chi connectivity index (χ1) is 17.8. The molecule has 5 aromatic rings. The summed E-state index contributed by atoms with van der Waals surface area (Å²) in [5.74, 6) is 0.897. The summed E-state index contributed by atoms with van der Waals surface area (Å²) in [6.45, 7) is 4.25. The molecule has 2 N–H and O–H groups in total. The Bertz CT molecular complexity index is 1500. The van der Waals surface area contributed by atoms with Crippen LogP contribution in [0, 0.1) is 0 Å². The molecule has 180 valence electrons. The summed E-state index contributed by atoms with van der Waals surface area (Å²) in [6.07, 6.45) is 4.67. The number of hydrogen-bond acceptors (Lipinski definition) is 4. The number of hydrogen-bond donors (Lipinski definition) is 2. The van der Waals surface area contributed by atoms with Gasteiger partial charge in [-0.2, -0.15) is 0 Å². The number of fused-ring (bicyclic) bond motifs is 2. The molecular formula is C30H29N5O. The van der Waals surface area contributed by atoms with Gasteiger partial charge in [0.25, 0.3) is 5.91 Å². The minimum Gasteiger partial charge on any atom is -0.368 e. The number of H-pyrrole nitrogens is 1. The lowest BCUT2D eigenvalue weighted by Gasteiger charge is -2.37. The van der Waals surface area contributed by atoms with Gasteiger partial charge < -0.3 is 20.1 Å². The summed E-state index contributed by atoms with van der Waals surface area (Å²) in [7, 11) is 0. The Morgan fingerprint density at radius 3 is 2.50 bits per heavy atom. The number of para-hydroxylation sites is 2. The monoisotopic (exact) mass is 475 g/mol. The SMILES string of the molecule is O=C(NCCc1c[nH]c2ccccc12)c1ccc2ccnc(N3CCN(c4ccccc4)CC3)c2c1. The van der Waals surface area contributed by atoms with Crippen LogP contribution in [0.25, 0.3) is 21.7 Å². The van der Waals surface area contributed by atoms with Crippen molar-refractivity contribution < 1.29 is 4.79 Å². The maximum Gasteiger partial charge on any atom is 0.251 e. The largest absolute Gasteiger partial charge is 0.368 e. The minimum atomic E-state index is -0.0551. The number of nitrogens with one attached hydrogen (secondary N) is 2. The maximum absolute atomic E-state index is 13.0. The van der Waals surface area contributed by atoms with Gasteiger partial charge in [-0.15, -0.1) is 0 Å². The van der Waals surface area contributed by atoms with Crippen LogP contribution < -0.4 is 15.1 Å². The van der Waals surface area contributed by atoms with Gasteiger partial charge in [-0.25, -0.2) is 4.98 Å². The smallest absolute Gasteiger partial charge is 0.251 e. The highest BCUT2D eigenvalue weighted by atomic mass is 16.1. The van der Waals surface area contributed by atoms with Crippen LogP contribution in [0.15, 0.2) is 91.3 Å². The summed E-state index contributed by atoms with van der Waals surface area (Å²) < 4.78 is 0. The highest BCUT2D eigenvalue weighted by molar-refractivity contribution is 6.01. The van der Waals surface area contributed by atoms with Crippen LogP contribution in [0.2, 0.25) is 0 Å². The van der Waals surface area contributed by atoms with Crippen LogP contribution in [-0.4, -0.2) is 48.6 Å². The Kier molecular flexibility index (Phi) is 6.00. The normalized spacial score (nSPS) is 13.9. The van der Waals surface area contributed by atoms with Crippen molar-refractivity contribution in [2.75, 3.05) is 42.5 Å². The van der Waals surface area contributed by atoms with E-state index in [0.717, 1.165) is 54.7 Å². The third-order valence-corrected chi connectivity index (χ3v) is 7.06. The fourth-order valence-corrected chi connectivity index (χ4v) is 5.11. The van der Waals surface area contributed by atoms with Gasteiger partial charge >= 0.3 is 0 Å². The maximum atomic E-state index is 13.0. The molecule has 0 unspecified atom stereocenters. The molecule has 0 bridgehead atoms. The zero-order valence-electron chi connectivity index (χ0n) is 20.2. The first-order valence-electron chi connectivity index (χ1n) is 12.5. The van der Waals surface area contributed by atoms with Crippen molar-refractivity contribution in [3.63, 3.8) is 0 Å². The van der Waals surface area contributed by atoms with Crippen molar-refractivity contribution >= 4 is 39.1 Å². The first kappa shape index (κ1) is 22.2. The number of pyridine rings is 1. The summed E-state index contributed by atoms with van der Waals surface area (Å²) >= 11 is 0. The van der Waals surface area contributed by atoms with Crippen LogP contribution in [0.5, 0.6) is 0 Å². The third kappa shape index (κ3) is 4.38. The van der Waals surface area contributed by atoms with Gasteiger partial charge in [0, 0.05) is 72.7 Å². The highest BCUT2D eigenvalue weighted by Crippen LogP contribution is 2.27. The van der Waals surface area contributed by atoms with E-state index in [0.29, 0.717) is 12.1 Å². The molecule has 0 atom stereocenters. The molecule has 6 heteroatoms. The van der Waals surface area contributed by atoms with E-state index in [-0.39, 0.29) is 5.91 Å². The van der Waals surface area contributed by atoms with Gasteiger partial charge in [-0.3, -0.25) is 4.79 Å². The summed E-state index contributed by atoms with van der Waals surface area (Å²) in [6, 6.07) is 26.7. The van der Waals surface area contributed by atoms with Crippen molar-refractivity contribution in [2.45, 2.75) is 6.42 Å². The number of rotatable bonds is 6. The Hall–Kier alpha value is -4.32. The molecule has 3 aromatic carbocycles. The molecule has 0 spiro atoms. The van der Waals surface area contributed by atoms with Gasteiger partial charge in [-0.05, 0) is 53.8 Å². The van der Waals surface area contributed by atoms with Crippen molar-refractivity contribution in [1.29, 1.82) is 0 Å². The average Bonchev–Trinajstić information content (AvgIpc) is 3.36. The number of carbonyl (C=O) groups excluding carboxylic acids is 1. The van der Waals surface area contributed by atoms with Gasteiger partial charge in [0.05, 0.1) is 0 Å². The molecular weight excluding hydrogens is 446 g/mol. The van der Waals surface area contributed by atoms with Crippen LogP contribution in [-0.2, 0) is 6.42 Å². The number of aromatic amines is 1. The number of aromatic nitrogens is 2. The second-order valence-electron chi connectivity index (χ2n) is 9.25. The summed E-state index contributed by atoms with van der Waals surface area (Å²) in [5.41, 5.74) is 4.26. The lowest BCUT2D eigenvalue weighted by atomic mass is 10.1. The zero-order valence-corrected chi connectivity index (χ0v) is 20.2. The van der Waals surface area contributed by atoms with E-state index in [9.17, 15) is 4.79 Å². The fourth-order valence-electron chi connectivity index (χ4n) is 5.11. The molecule has 6 nitrogen and oxygen atoms in total. The minimum absolute atomic E-state index is 0.0551. The molecule has 0 radical (unpaired) electrons. The molecule has 0 aliphatic carbocycles. The molecule has 6 rings (SSSR count). The average molecular weight is 476 g/mol. The van der Waals surface area contributed by atoms with E-state index in [1.807, 2.05) is 48.8 Å². The second kappa shape index (κ2) is 9.74. The van der Waals surface area contributed by atoms with Crippen LogP contribution in [0.1, 0.15) is 15.9 Å². The molecule has 1 aliphatic rings. The van der Waals surface area contributed by atoms with E-state index in [1.165, 1.54) is 16.6 Å². The lowest BCUT2D eigenvalue weighted by Crippen LogP contribution is -2.46. The van der Waals surface area contributed by atoms with Gasteiger partial charge in [0.15, 0.2) is 0 Å². The fraction of sp³-hybridized carbons (Fsp3) is 0.200. The number of benzene rings is 3. The predicted molar refractivity (Wildman–Crippen MR) is 147 cm³/mol. The molecule has 1 saturated heterocycles. The molecule has 2 aromatic heterocycles. The first-order valence-corrected chi connectivity index (χ1v) is 12.5. The topological polar surface area (TPSA) is 64.3 Å². The van der Waals surface area contributed by atoms with E-state index in [1.54, 1.807) is 0 Å². The van der Waals surface area contributed by atoms with Gasteiger partial charge in [0.2, 0.25) is 0 Å². The van der Waals surface area contributed by atoms with Gasteiger partial charge in [0.1, 0.15) is 5.82 Å². The highest BCUT2D eigenvalue weighted by Gasteiger charge is 2.20. The van der Waals surface area contributed by atoms with Crippen LogP contribution in [0.4, 0.5) is 11.5 Å². The number of piperazine rings is 1. The van der Waals surface area contributed by atoms with E-state index < -0.39 is 0 Å². The van der Waals surface area contributed by atoms with Crippen LogP contribution in [0.3, 0.4) is 0 Å². The summed E-state index contributed by atoms with van der Waals surface area (Å²) in [5, 5.41) is 6.43.